The molecule has 0 fully saturated rings. The fraction of sp³-hybridized carbons (Fsp3) is 0.385. The Hall–Kier alpha value is -2.84. The maximum atomic E-state index is 12.1. The molecule has 0 aliphatic rings. The Morgan fingerprint density at radius 2 is 2.05 bits per heavy atom. The van der Waals surface area contributed by atoms with Gasteiger partial charge in [-0.3, -0.25) is 14.4 Å². The number of aryl methyl sites for hydroxylation is 1. The van der Waals surface area contributed by atoms with Crippen molar-refractivity contribution in [2.75, 3.05) is 6.61 Å². The molecule has 2 heterocycles. The summed E-state index contributed by atoms with van der Waals surface area (Å²) in [6.07, 6.45) is 1.26. The van der Waals surface area contributed by atoms with Crippen LogP contribution < -0.4 is 0 Å². The summed E-state index contributed by atoms with van der Waals surface area (Å²) in [5.74, 6) is -1.16. The molecule has 1 N–H and O–H groups in total. The van der Waals surface area contributed by atoms with E-state index in [9.17, 15) is 14.4 Å². The maximum Gasteiger partial charge on any atom is 0.328 e. The van der Waals surface area contributed by atoms with E-state index < -0.39 is 18.4 Å². The third kappa shape index (κ3) is 3.25. The highest BCUT2D eigenvalue weighted by Crippen LogP contribution is 2.18. The van der Waals surface area contributed by atoms with Crippen LogP contribution in [0.15, 0.2) is 6.33 Å². The van der Waals surface area contributed by atoms with E-state index in [-0.39, 0.29) is 18.0 Å². The average molecular weight is 305 g/mol. The first kappa shape index (κ1) is 15.5. The average Bonchev–Trinajstić information content (AvgIpc) is 3.04. The van der Waals surface area contributed by atoms with Crippen LogP contribution in [0.1, 0.15) is 39.0 Å². The minimum Gasteiger partial charge on any atom is -0.456 e. The second kappa shape index (κ2) is 6.29. The molecule has 2 aromatic heterocycles. The second-order valence-electron chi connectivity index (χ2n) is 4.77. The van der Waals surface area contributed by atoms with E-state index in [0.717, 1.165) is 0 Å². The van der Waals surface area contributed by atoms with Gasteiger partial charge in [0.05, 0.1) is 5.69 Å². The normalized spacial score (nSPS) is 10.5. The lowest BCUT2D eigenvalue weighted by Gasteiger charge is -2.04. The number of esters is 1. The van der Waals surface area contributed by atoms with Crippen molar-refractivity contribution in [2.24, 2.45) is 0 Å². The third-order valence-electron chi connectivity index (χ3n) is 3.12. The molecule has 0 spiro atoms. The van der Waals surface area contributed by atoms with Gasteiger partial charge >= 0.3 is 5.97 Å². The van der Waals surface area contributed by atoms with Gasteiger partial charge in [-0.15, -0.1) is 5.10 Å². The summed E-state index contributed by atoms with van der Waals surface area (Å²) in [4.78, 5) is 38.0. The van der Waals surface area contributed by atoms with Crippen molar-refractivity contribution in [1.82, 2.24) is 25.2 Å². The van der Waals surface area contributed by atoms with Crippen LogP contribution in [-0.2, 0) is 16.1 Å². The van der Waals surface area contributed by atoms with Gasteiger partial charge < -0.3 is 9.72 Å². The highest BCUT2D eigenvalue weighted by molar-refractivity contribution is 6.04. The summed E-state index contributed by atoms with van der Waals surface area (Å²) in [5, 5.41) is 10.3. The first-order valence-electron chi connectivity index (χ1n) is 6.49. The van der Waals surface area contributed by atoms with Gasteiger partial charge in [0.25, 0.3) is 0 Å². The van der Waals surface area contributed by atoms with Gasteiger partial charge in [-0.25, -0.2) is 4.68 Å². The fourth-order valence-electron chi connectivity index (χ4n) is 2.21. The predicted octanol–water partition coefficient (Wildman–Crippen LogP) is 0.247. The third-order valence-corrected chi connectivity index (χ3v) is 3.12. The number of hydrogen-bond acceptors (Lipinski definition) is 7. The number of carbonyl (C=O) groups is 3. The number of rotatable bonds is 6. The van der Waals surface area contributed by atoms with E-state index >= 15 is 0 Å². The number of Topliss-reactive ketones (excluding diaryl/α,β-unsaturated/α-hetero) is 2. The smallest absolute Gasteiger partial charge is 0.328 e. The van der Waals surface area contributed by atoms with Gasteiger partial charge in [-0.1, -0.05) is 0 Å². The largest absolute Gasteiger partial charge is 0.456 e. The topological polar surface area (TPSA) is 120 Å². The standard InChI is InChI=1S/C13H15N5O4/c1-7-12(9(3)19)8(2)15-13(7)10(20)5-22-11(21)4-18-6-14-16-17-18/h6,15H,4-5H2,1-3H3. The molecule has 0 aliphatic heterocycles. The van der Waals surface area contributed by atoms with Crippen LogP contribution in [0, 0.1) is 13.8 Å². The summed E-state index contributed by atoms with van der Waals surface area (Å²) in [5.41, 5.74) is 1.95. The van der Waals surface area contributed by atoms with Gasteiger partial charge in [-0.2, -0.15) is 0 Å². The van der Waals surface area contributed by atoms with Crippen molar-refractivity contribution in [2.45, 2.75) is 27.3 Å². The summed E-state index contributed by atoms with van der Waals surface area (Å²) in [6.45, 7) is 4.23. The van der Waals surface area contributed by atoms with Gasteiger partial charge in [0.15, 0.2) is 12.4 Å². The molecule has 116 valence electrons. The zero-order chi connectivity index (χ0) is 16.3. The number of ketones is 2. The molecule has 0 radical (unpaired) electrons. The van der Waals surface area contributed by atoms with E-state index in [1.54, 1.807) is 13.8 Å². The number of H-pyrrole nitrogens is 1. The van der Waals surface area contributed by atoms with Gasteiger partial charge in [0.1, 0.15) is 12.9 Å². The Kier molecular flexibility index (Phi) is 4.44. The zero-order valence-electron chi connectivity index (χ0n) is 12.4. The molecular weight excluding hydrogens is 290 g/mol. The molecule has 2 rings (SSSR count). The van der Waals surface area contributed by atoms with Crippen molar-refractivity contribution >= 4 is 17.5 Å². The van der Waals surface area contributed by atoms with E-state index in [1.165, 1.54) is 17.9 Å². The Morgan fingerprint density at radius 1 is 1.32 bits per heavy atom. The molecule has 0 bridgehead atoms. The highest BCUT2D eigenvalue weighted by Gasteiger charge is 2.20. The lowest BCUT2D eigenvalue weighted by molar-refractivity contribution is -0.143. The Morgan fingerprint density at radius 3 is 2.59 bits per heavy atom. The van der Waals surface area contributed by atoms with Crippen molar-refractivity contribution in [3.8, 4) is 0 Å². The number of ether oxygens (including phenoxy) is 1. The number of nitrogens with zero attached hydrogens (tertiary/aromatic N) is 4. The Labute approximate surface area is 125 Å². The van der Waals surface area contributed by atoms with Crippen LogP contribution in [0.3, 0.4) is 0 Å². The fourth-order valence-corrected chi connectivity index (χ4v) is 2.21. The minimum absolute atomic E-state index is 0.124. The summed E-state index contributed by atoms with van der Waals surface area (Å²) < 4.78 is 6.07. The SMILES string of the molecule is CC(=O)c1c(C)[nH]c(C(=O)COC(=O)Cn2cnnn2)c1C. The van der Waals surface area contributed by atoms with E-state index in [0.29, 0.717) is 16.8 Å². The van der Waals surface area contributed by atoms with Crippen LogP contribution in [0.4, 0.5) is 0 Å². The predicted molar refractivity (Wildman–Crippen MR) is 73.4 cm³/mol. The molecule has 0 atom stereocenters. The molecule has 0 unspecified atom stereocenters. The van der Waals surface area contributed by atoms with Crippen LogP contribution in [0.25, 0.3) is 0 Å². The quantitative estimate of drug-likeness (QED) is 0.599. The summed E-state index contributed by atoms with van der Waals surface area (Å²) in [7, 11) is 0. The number of nitrogens with one attached hydrogen (secondary N) is 1. The van der Waals surface area contributed by atoms with E-state index in [2.05, 4.69) is 20.5 Å². The highest BCUT2D eigenvalue weighted by atomic mass is 16.5. The lowest BCUT2D eigenvalue weighted by atomic mass is 10.1. The lowest BCUT2D eigenvalue weighted by Crippen LogP contribution is -2.19. The van der Waals surface area contributed by atoms with Gasteiger partial charge in [0.2, 0.25) is 5.78 Å². The zero-order valence-corrected chi connectivity index (χ0v) is 12.4. The van der Waals surface area contributed by atoms with Crippen LogP contribution in [-0.4, -0.2) is 49.3 Å². The molecule has 9 heteroatoms. The molecule has 9 nitrogen and oxygen atoms in total. The summed E-state index contributed by atoms with van der Waals surface area (Å²) >= 11 is 0. The van der Waals surface area contributed by atoms with Crippen LogP contribution in [0.5, 0.6) is 0 Å². The van der Waals surface area contributed by atoms with Crippen molar-refractivity contribution in [3.63, 3.8) is 0 Å². The van der Waals surface area contributed by atoms with Crippen molar-refractivity contribution in [3.05, 3.63) is 28.8 Å². The first-order chi connectivity index (χ1) is 10.4. The van der Waals surface area contributed by atoms with Crippen molar-refractivity contribution in [1.29, 1.82) is 0 Å². The molecule has 0 saturated heterocycles. The molecule has 2 aromatic rings. The Balaban J connectivity index is 1.99. The molecule has 0 aromatic carbocycles. The number of tetrazole rings is 1. The number of aromatic amines is 1. The number of hydrogen-bond donors (Lipinski definition) is 1. The first-order valence-corrected chi connectivity index (χ1v) is 6.49. The van der Waals surface area contributed by atoms with Crippen molar-refractivity contribution < 1.29 is 19.1 Å². The van der Waals surface area contributed by atoms with Crippen LogP contribution in [0.2, 0.25) is 0 Å². The second-order valence-corrected chi connectivity index (χ2v) is 4.77. The number of aromatic nitrogens is 5. The minimum atomic E-state index is -0.631. The van der Waals surface area contributed by atoms with Crippen LogP contribution >= 0.6 is 0 Å². The molecular formula is C13H15N5O4. The van der Waals surface area contributed by atoms with Gasteiger partial charge in [0, 0.05) is 11.3 Å². The molecule has 0 saturated carbocycles. The monoisotopic (exact) mass is 305 g/mol. The van der Waals surface area contributed by atoms with E-state index in [4.69, 9.17) is 4.74 Å². The number of carbonyl (C=O) groups excluding carboxylic acids is 3. The Bertz CT molecular complexity index is 717. The summed E-state index contributed by atoms with van der Waals surface area (Å²) in [6, 6.07) is 0. The van der Waals surface area contributed by atoms with E-state index in [1.807, 2.05) is 0 Å². The maximum absolute atomic E-state index is 12.1. The molecule has 0 aliphatic carbocycles. The molecule has 22 heavy (non-hydrogen) atoms. The van der Waals surface area contributed by atoms with Gasteiger partial charge in [-0.05, 0) is 36.8 Å². The molecule has 0 amide bonds.